The van der Waals surface area contributed by atoms with Gasteiger partial charge in [-0.25, -0.2) is 0 Å². The van der Waals surface area contributed by atoms with Gasteiger partial charge in [0.25, 0.3) is 5.91 Å². The third kappa shape index (κ3) is 5.03. The lowest BCUT2D eigenvalue weighted by molar-refractivity contribution is 0.0824. The molecule has 1 N–H and O–H groups in total. The number of anilines is 1. The van der Waals surface area contributed by atoms with Gasteiger partial charge in [-0.3, -0.25) is 9.69 Å². The molecule has 0 aliphatic carbocycles. The molecule has 1 aromatic heterocycles. The van der Waals surface area contributed by atoms with Gasteiger partial charge in [-0.1, -0.05) is 55.3 Å². The van der Waals surface area contributed by atoms with Crippen LogP contribution in [0, 0.1) is 0 Å². The van der Waals surface area contributed by atoms with Gasteiger partial charge in [-0.2, -0.15) is 0 Å². The Balaban J connectivity index is 0.00000274. The van der Waals surface area contributed by atoms with E-state index in [9.17, 15) is 4.79 Å². The highest BCUT2D eigenvalue weighted by atomic mass is 35.5. The van der Waals surface area contributed by atoms with E-state index >= 15 is 0 Å². The summed E-state index contributed by atoms with van der Waals surface area (Å²) in [6.45, 7) is 5.75. The minimum absolute atomic E-state index is 0. The molecule has 7 heteroatoms. The number of piperazine rings is 1. The zero-order valence-electron chi connectivity index (χ0n) is 19.2. The first-order chi connectivity index (χ1) is 16.1. The van der Waals surface area contributed by atoms with E-state index in [0.29, 0.717) is 0 Å². The van der Waals surface area contributed by atoms with Gasteiger partial charge in [-0.05, 0) is 42.8 Å². The van der Waals surface area contributed by atoms with Crippen molar-refractivity contribution in [2.24, 2.45) is 0 Å². The highest BCUT2D eigenvalue weighted by molar-refractivity contribution is 7.25. The number of nitrogens with one attached hydrogen (secondary N) is 1. The van der Waals surface area contributed by atoms with E-state index in [1.165, 1.54) is 14.8 Å². The summed E-state index contributed by atoms with van der Waals surface area (Å²) in [5.41, 5.74) is 1.81. The number of carbonyl (C=O) groups excluding carboxylic acids is 1. The van der Waals surface area contributed by atoms with Crippen molar-refractivity contribution in [2.45, 2.75) is 25.9 Å². The van der Waals surface area contributed by atoms with Gasteiger partial charge in [0.15, 0.2) is 0 Å². The van der Waals surface area contributed by atoms with Gasteiger partial charge >= 0.3 is 0 Å². The zero-order valence-corrected chi connectivity index (χ0v) is 21.6. The molecule has 1 atom stereocenters. The molecule has 2 heterocycles. The van der Waals surface area contributed by atoms with Crippen LogP contribution in [-0.2, 0) is 0 Å². The molecule has 4 aromatic rings. The second-order valence-electron chi connectivity index (χ2n) is 8.56. The van der Waals surface area contributed by atoms with Crippen molar-refractivity contribution in [3.05, 3.63) is 77.3 Å². The molecule has 1 aliphatic rings. The maximum Gasteiger partial charge on any atom is 0.252 e. The fraction of sp³-hybridized carbons (Fsp3) is 0.296. The second kappa shape index (κ2) is 11.0. The van der Waals surface area contributed by atoms with Crippen LogP contribution >= 0.6 is 35.3 Å². The van der Waals surface area contributed by atoms with E-state index in [0.717, 1.165) is 60.7 Å². The maximum absolute atomic E-state index is 13.2. The largest absolute Gasteiger partial charge is 0.368 e. The Hall–Kier alpha value is -2.31. The summed E-state index contributed by atoms with van der Waals surface area (Å²) in [5, 5.41) is 6.48. The van der Waals surface area contributed by atoms with Gasteiger partial charge in [0.2, 0.25) is 0 Å². The summed E-state index contributed by atoms with van der Waals surface area (Å²) in [6.07, 6.45) is 1.98. The Kier molecular flexibility index (Phi) is 7.99. The molecule has 1 amide bonds. The number of hydrogen-bond donors (Lipinski definition) is 1. The van der Waals surface area contributed by atoms with Crippen LogP contribution < -0.4 is 10.2 Å². The Bertz CT molecular complexity index is 1280. The highest BCUT2D eigenvalue weighted by Gasteiger charge is 2.26. The van der Waals surface area contributed by atoms with Crippen LogP contribution in [0.15, 0.2) is 66.7 Å². The van der Waals surface area contributed by atoms with Crippen LogP contribution in [0.3, 0.4) is 0 Å². The minimum Gasteiger partial charge on any atom is -0.368 e. The molecule has 0 bridgehead atoms. The zero-order chi connectivity index (χ0) is 22.8. The maximum atomic E-state index is 13.2. The second-order valence-corrected chi connectivity index (χ2v) is 10.1. The molecular formula is C27H29Cl2N3OS. The Morgan fingerprint density at radius 1 is 0.971 bits per heavy atom. The third-order valence-corrected chi connectivity index (χ3v) is 7.92. The fourth-order valence-corrected chi connectivity index (χ4v) is 6.05. The number of rotatable bonds is 6. The van der Waals surface area contributed by atoms with Crippen LogP contribution in [0.2, 0.25) is 5.02 Å². The van der Waals surface area contributed by atoms with E-state index in [1.54, 1.807) is 11.3 Å². The average molecular weight is 515 g/mol. The molecule has 1 aliphatic heterocycles. The number of para-hydroxylation sites is 1. The van der Waals surface area contributed by atoms with Crippen molar-refractivity contribution < 1.29 is 4.79 Å². The Morgan fingerprint density at radius 2 is 1.68 bits per heavy atom. The van der Waals surface area contributed by atoms with E-state index in [1.807, 2.05) is 30.3 Å². The lowest BCUT2D eigenvalue weighted by atomic mass is 10.1. The first-order valence-corrected chi connectivity index (χ1v) is 12.8. The van der Waals surface area contributed by atoms with Gasteiger partial charge in [0.1, 0.15) is 0 Å². The quantitative estimate of drug-likeness (QED) is 0.307. The first-order valence-electron chi connectivity index (χ1n) is 11.6. The molecule has 1 unspecified atom stereocenters. The van der Waals surface area contributed by atoms with E-state index in [2.05, 4.69) is 58.4 Å². The number of fused-ring (bicyclic) bond motifs is 3. The Morgan fingerprint density at radius 3 is 2.44 bits per heavy atom. The molecular weight excluding hydrogens is 485 g/mol. The normalized spacial score (nSPS) is 15.3. The molecule has 5 rings (SSSR count). The molecule has 0 radical (unpaired) electrons. The van der Waals surface area contributed by atoms with E-state index in [-0.39, 0.29) is 24.5 Å². The van der Waals surface area contributed by atoms with E-state index in [4.69, 9.17) is 11.6 Å². The number of amides is 1. The van der Waals surface area contributed by atoms with E-state index < -0.39 is 0 Å². The van der Waals surface area contributed by atoms with Gasteiger partial charge in [0, 0.05) is 51.9 Å². The van der Waals surface area contributed by atoms with Crippen molar-refractivity contribution in [1.82, 2.24) is 10.2 Å². The number of carbonyl (C=O) groups is 1. The number of hydrogen-bond acceptors (Lipinski definition) is 4. The minimum atomic E-state index is -0.000774. The van der Waals surface area contributed by atoms with Crippen molar-refractivity contribution >= 4 is 67.1 Å². The molecule has 0 saturated carbocycles. The summed E-state index contributed by atoms with van der Waals surface area (Å²) in [6, 6.07) is 22.5. The lowest BCUT2D eigenvalue weighted by Gasteiger charge is -2.40. The SMILES string of the molecule is CCCC(NC(=O)c1ccc2sc3ccccc3c2c1)N1CCN(c2ccccc2Cl)CC1.Cl. The van der Waals surface area contributed by atoms with Crippen molar-refractivity contribution in [3.63, 3.8) is 0 Å². The Labute approximate surface area is 215 Å². The predicted molar refractivity (Wildman–Crippen MR) is 148 cm³/mol. The van der Waals surface area contributed by atoms with Gasteiger partial charge < -0.3 is 10.2 Å². The number of benzene rings is 3. The summed E-state index contributed by atoms with van der Waals surface area (Å²) in [7, 11) is 0. The molecule has 0 spiro atoms. The number of thiophene rings is 1. The van der Waals surface area contributed by atoms with Gasteiger partial charge in [0.05, 0.1) is 16.9 Å². The summed E-state index contributed by atoms with van der Waals surface area (Å²) >= 11 is 8.17. The monoisotopic (exact) mass is 513 g/mol. The van der Waals surface area contributed by atoms with Gasteiger partial charge in [-0.15, -0.1) is 23.7 Å². The molecule has 3 aromatic carbocycles. The first kappa shape index (κ1) is 24.8. The fourth-order valence-electron chi connectivity index (χ4n) is 4.70. The van der Waals surface area contributed by atoms with Crippen LogP contribution in [-0.4, -0.2) is 43.2 Å². The van der Waals surface area contributed by atoms with Crippen molar-refractivity contribution in [1.29, 1.82) is 0 Å². The molecule has 34 heavy (non-hydrogen) atoms. The van der Waals surface area contributed by atoms with Crippen molar-refractivity contribution in [2.75, 3.05) is 31.1 Å². The topological polar surface area (TPSA) is 35.6 Å². The van der Waals surface area contributed by atoms with Crippen LogP contribution in [0.5, 0.6) is 0 Å². The third-order valence-electron chi connectivity index (χ3n) is 6.45. The molecule has 1 fully saturated rings. The summed E-state index contributed by atoms with van der Waals surface area (Å²) in [5.74, 6) is -0.000774. The average Bonchev–Trinajstić information content (AvgIpc) is 3.22. The molecule has 178 valence electrons. The highest BCUT2D eigenvalue weighted by Crippen LogP contribution is 2.34. The standard InChI is InChI=1S/C27H28ClN3OS.ClH/c1-2-7-26(31-16-14-30(15-17-31)23-10-5-4-9-22(23)28)29-27(32)19-12-13-25-21(18-19)20-8-3-6-11-24(20)33-25;/h3-6,8-13,18,26H,2,7,14-17H2,1H3,(H,29,32);1H. The van der Waals surface area contributed by atoms with Crippen molar-refractivity contribution in [3.8, 4) is 0 Å². The number of nitrogens with zero attached hydrogens (tertiary/aromatic N) is 2. The van der Waals surface area contributed by atoms with Crippen LogP contribution in [0.4, 0.5) is 5.69 Å². The molecule has 4 nitrogen and oxygen atoms in total. The molecule has 1 saturated heterocycles. The summed E-state index contributed by atoms with van der Waals surface area (Å²) in [4.78, 5) is 18.0. The van der Waals surface area contributed by atoms with Crippen LogP contribution in [0.25, 0.3) is 20.2 Å². The smallest absolute Gasteiger partial charge is 0.252 e. The summed E-state index contributed by atoms with van der Waals surface area (Å²) < 4.78 is 2.47. The predicted octanol–water partition coefficient (Wildman–Crippen LogP) is 6.81. The van der Waals surface area contributed by atoms with Crippen LogP contribution in [0.1, 0.15) is 30.1 Å². The lowest BCUT2D eigenvalue weighted by Crippen LogP contribution is -2.56. The number of halogens is 2.